The van der Waals surface area contributed by atoms with Gasteiger partial charge >= 0.3 is 0 Å². The Balaban J connectivity index is 1.57. The van der Waals surface area contributed by atoms with Gasteiger partial charge in [-0.3, -0.25) is 9.20 Å². The largest absolute Gasteiger partial charge is 0.497 e. The van der Waals surface area contributed by atoms with E-state index in [1.807, 2.05) is 53.1 Å². The molecule has 1 amide bonds. The number of benzene rings is 3. The number of hydrogen-bond donors (Lipinski definition) is 1. The number of halogens is 1. The van der Waals surface area contributed by atoms with Crippen LogP contribution in [0.25, 0.3) is 28.0 Å². The van der Waals surface area contributed by atoms with Crippen molar-refractivity contribution >= 4 is 17.2 Å². The monoisotopic (exact) mass is 479 g/mol. The van der Waals surface area contributed by atoms with Gasteiger partial charge in [-0.15, -0.1) is 0 Å². The predicted octanol–water partition coefficient (Wildman–Crippen LogP) is 6.81. The second-order valence-electron chi connectivity index (χ2n) is 9.07. The van der Waals surface area contributed by atoms with E-state index in [9.17, 15) is 9.18 Å². The Kier molecular flexibility index (Phi) is 5.56. The van der Waals surface area contributed by atoms with Gasteiger partial charge in [0.05, 0.1) is 12.8 Å². The number of imidazole rings is 1. The first-order valence-corrected chi connectivity index (χ1v) is 12.2. The molecule has 6 rings (SSSR count). The molecule has 3 heterocycles. The lowest BCUT2D eigenvalue weighted by Crippen LogP contribution is -2.15. The molecule has 180 valence electrons. The van der Waals surface area contributed by atoms with Crippen molar-refractivity contribution in [2.75, 3.05) is 12.4 Å². The maximum Gasteiger partial charge on any atom is 0.273 e. The van der Waals surface area contributed by atoms with Crippen LogP contribution in [0.5, 0.6) is 5.75 Å². The number of rotatable bonds is 5. The average Bonchev–Trinajstić information content (AvgIpc) is 3.33. The quantitative estimate of drug-likeness (QED) is 0.301. The van der Waals surface area contributed by atoms with Gasteiger partial charge in [0.1, 0.15) is 22.9 Å². The Hall–Kier alpha value is -4.32. The van der Waals surface area contributed by atoms with Crippen molar-refractivity contribution in [1.82, 2.24) is 8.97 Å². The minimum absolute atomic E-state index is 0.177. The minimum Gasteiger partial charge on any atom is -0.497 e. The van der Waals surface area contributed by atoms with Gasteiger partial charge in [0.25, 0.3) is 5.91 Å². The van der Waals surface area contributed by atoms with Crippen molar-refractivity contribution in [3.63, 3.8) is 0 Å². The minimum atomic E-state index is -0.264. The summed E-state index contributed by atoms with van der Waals surface area (Å²) >= 11 is 0. The highest BCUT2D eigenvalue weighted by atomic mass is 19.1. The van der Waals surface area contributed by atoms with Crippen LogP contribution >= 0.6 is 0 Å². The second kappa shape index (κ2) is 9.04. The number of carbonyl (C=O) groups excluding carboxylic acids is 1. The topological polar surface area (TPSA) is 47.7 Å². The molecule has 0 fully saturated rings. The fourth-order valence-corrected chi connectivity index (χ4v) is 5.24. The maximum absolute atomic E-state index is 13.9. The Morgan fingerprint density at radius 2 is 1.67 bits per heavy atom. The molecule has 3 aromatic carbocycles. The zero-order valence-electron chi connectivity index (χ0n) is 20.0. The first-order chi connectivity index (χ1) is 17.6. The Bertz CT molecular complexity index is 1550. The van der Waals surface area contributed by atoms with Gasteiger partial charge in [-0.05, 0) is 78.9 Å². The van der Waals surface area contributed by atoms with Gasteiger partial charge in [0, 0.05) is 29.6 Å². The first kappa shape index (κ1) is 22.2. The summed E-state index contributed by atoms with van der Waals surface area (Å²) < 4.78 is 23.2. The molecule has 1 aliphatic heterocycles. The van der Waals surface area contributed by atoms with Crippen LogP contribution in [0.2, 0.25) is 0 Å². The van der Waals surface area contributed by atoms with Gasteiger partial charge in [0.2, 0.25) is 0 Å². The number of hydrogen-bond acceptors (Lipinski definition) is 2. The molecule has 0 radical (unpaired) electrons. The van der Waals surface area contributed by atoms with Crippen molar-refractivity contribution in [1.29, 1.82) is 0 Å². The number of anilines is 1. The number of nitrogens with one attached hydrogen (secondary N) is 1. The standard InChI is InChI=1S/C30H26FN3O2/c1-36-24-16-14-23(15-17-24)32-29(35)28-27(21-7-3-2-4-8-21)25-9-5-6-18-33-26(19-34(28)30(25)33)20-10-12-22(31)13-11-20/h2-4,7-8,10-17,19H,5-6,9,18H2,1H3,(H,32,35). The van der Waals surface area contributed by atoms with Crippen LogP contribution in [-0.2, 0) is 13.0 Å². The molecule has 0 saturated heterocycles. The molecule has 0 spiro atoms. The van der Waals surface area contributed by atoms with Crippen LogP contribution in [-0.4, -0.2) is 22.0 Å². The summed E-state index contributed by atoms with van der Waals surface area (Å²) in [6.07, 6.45) is 4.97. The summed E-state index contributed by atoms with van der Waals surface area (Å²) in [4.78, 5) is 13.9. The fourth-order valence-electron chi connectivity index (χ4n) is 5.24. The zero-order valence-corrected chi connectivity index (χ0v) is 20.0. The van der Waals surface area contributed by atoms with Crippen LogP contribution < -0.4 is 10.1 Å². The van der Waals surface area contributed by atoms with Crippen molar-refractivity contribution in [2.24, 2.45) is 0 Å². The van der Waals surface area contributed by atoms with Gasteiger partial charge in [-0.25, -0.2) is 4.39 Å². The average molecular weight is 480 g/mol. The van der Waals surface area contributed by atoms with E-state index < -0.39 is 0 Å². The molecule has 1 aliphatic rings. The number of carbonyl (C=O) groups is 1. The molecule has 0 aliphatic carbocycles. The molecule has 6 heteroatoms. The van der Waals surface area contributed by atoms with Crippen molar-refractivity contribution in [3.8, 4) is 28.1 Å². The molecule has 5 nitrogen and oxygen atoms in total. The molecule has 5 aromatic rings. The lowest BCUT2D eigenvalue weighted by atomic mass is 9.98. The summed E-state index contributed by atoms with van der Waals surface area (Å²) in [5.74, 6) is 0.288. The number of nitrogens with zero attached hydrogens (tertiary/aromatic N) is 2. The summed E-state index contributed by atoms with van der Waals surface area (Å²) in [6, 6.07) is 24.0. The highest BCUT2D eigenvalue weighted by Crippen LogP contribution is 2.39. The van der Waals surface area contributed by atoms with Crippen LogP contribution in [0.1, 0.15) is 28.9 Å². The van der Waals surface area contributed by atoms with E-state index in [-0.39, 0.29) is 11.7 Å². The molecular weight excluding hydrogens is 453 g/mol. The molecule has 0 atom stereocenters. The molecule has 0 bridgehead atoms. The lowest BCUT2D eigenvalue weighted by molar-refractivity contribution is 0.102. The molecule has 36 heavy (non-hydrogen) atoms. The Morgan fingerprint density at radius 1 is 0.917 bits per heavy atom. The van der Waals surface area contributed by atoms with Crippen molar-refractivity contribution in [2.45, 2.75) is 25.8 Å². The summed E-state index contributed by atoms with van der Waals surface area (Å²) in [5, 5.41) is 3.09. The number of amides is 1. The van der Waals surface area contributed by atoms with E-state index in [1.165, 1.54) is 17.7 Å². The van der Waals surface area contributed by atoms with Gasteiger partial charge in [-0.2, -0.15) is 0 Å². The summed E-state index contributed by atoms with van der Waals surface area (Å²) in [7, 11) is 1.62. The third-order valence-corrected chi connectivity index (χ3v) is 6.90. The Morgan fingerprint density at radius 3 is 2.39 bits per heavy atom. The maximum atomic E-state index is 13.9. The molecule has 2 aromatic heterocycles. The third kappa shape index (κ3) is 3.75. The van der Waals surface area contributed by atoms with E-state index in [2.05, 4.69) is 22.0 Å². The van der Waals surface area contributed by atoms with E-state index in [0.717, 1.165) is 59.6 Å². The van der Waals surface area contributed by atoms with E-state index in [4.69, 9.17) is 4.74 Å². The number of aryl methyl sites for hydroxylation is 2. The summed E-state index contributed by atoms with van der Waals surface area (Å²) in [6.45, 7) is 0.841. The van der Waals surface area contributed by atoms with Crippen LogP contribution in [0.15, 0.2) is 85.1 Å². The molecular formula is C30H26FN3O2. The predicted molar refractivity (Wildman–Crippen MR) is 140 cm³/mol. The summed E-state index contributed by atoms with van der Waals surface area (Å²) in [5.41, 5.74) is 7.40. The van der Waals surface area contributed by atoms with Crippen LogP contribution in [0, 0.1) is 5.82 Å². The van der Waals surface area contributed by atoms with Gasteiger partial charge in [0.15, 0.2) is 0 Å². The second-order valence-corrected chi connectivity index (χ2v) is 9.07. The number of ether oxygens (including phenoxy) is 1. The molecule has 1 N–H and O–H groups in total. The smallest absolute Gasteiger partial charge is 0.273 e. The third-order valence-electron chi connectivity index (χ3n) is 6.90. The van der Waals surface area contributed by atoms with Crippen molar-refractivity contribution in [3.05, 3.63) is 102 Å². The van der Waals surface area contributed by atoms with Crippen LogP contribution in [0.3, 0.4) is 0 Å². The molecule has 0 unspecified atom stereocenters. The first-order valence-electron chi connectivity index (χ1n) is 12.2. The zero-order chi connectivity index (χ0) is 24.6. The van der Waals surface area contributed by atoms with Crippen LogP contribution in [0.4, 0.5) is 10.1 Å². The highest BCUT2D eigenvalue weighted by molar-refractivity contribution is 6.10. The van der Waals surface area contributed by atoms with Crippen molar-refractivity contribution < 1.29 is 13.9 Å². The number of methoxy groups -OCH3 is 1. The highest BCUT2D eigenvalue weighted by Gasteiger charge is 2.29. The van der Waals surface area contributed by atoms with Gasteiger partial charge < -0.3 is 14.6 Å². The number of aromatic nitrogens is 2. The SMILES string of the molecule is COc1ccc(NC(=O)c2c(-c3ccccc3)c3c4n(c(-c5ccc(F)cc5)cn24)CCCC3)cc1. The fraction of sp³-hybridized carbons (Fsp3) is 0.167. The molecule has 0 saturated carbocycles. The normalized spacial score (nSPS) is 12.9. The van der Waals surface area contributed by atoms with E-state index in [0.29, 0.717) is 11.4 Å². The Labute approximate surface area is 208 Å². The lowest BCUT2D eigenvalue weighted by Gasteiger charge is -2.10. The van der Waals surface area contributed by atoms with E-state index in [1.54, 1.807) is 19.2 Å². The van der Waals surface area contributed by atoms with Gasteiger partial charge in [-0.1, -0.05) is 30.3 Å². The van der Waals surface area contributed by atoms with E-state index >= 15 is 0 Å².